The van der Waals surface area contributed by atoms with Gasteiger partial charge in [0.05, 0.1) is 0 Å². The summed E-state index contributed by atoms with van der Waals surface area (Å²) in [7, 11) is -3.98. The van der Waals surface area contributed by atoms with Crippen molar-refractivity contribution < 1.29 is 12.8 Å². The molecule has 4 nitrogen and oxygen atoms in total. The van der Waals surface area contributed by atoms with Gasteiger partial charge in [-0.2, -0.15) is 0 Å². The fraction of sp³-hybridized carbons (Fsp3) is 0.143. The Kier molecular flexibility index (Phi) is 4.87. The van der Waals surface area contributed by atoms with Gasteiger partial charge in [0.25, 0.3) is 10.0 Å². The molecule has 0 bridgehead atoms. The molecular formula is C14H15FN2O2S2. The maximum Gasteiger partial charge on any atom is 0.264 e. The van der Waals surface area contributed by atoms with Crippen LogP contribution in [0.2, 0.25) is 0 Å². The van der Waals surface area contributed by atoms with E-state index >= 15 is 0 Å². The number of rotatable bonds is 5. The van der Waals surface area contributed by atoms with Crippen molar-refractivity contribution in [2.45, 2.75) is 16.3 Å². The van der Waals surface area contributed by atoms with Gasteiger partial charge in [0, 0.05) is 17.1 Å². The van der Waals surface area contributed by atoms with Gasteiger partial charge in [-0.3, -0.25) is 4.72 Å². The first-order valence-electron chi connectivity index (χ1n) is 6.11. The van der Waals surface area contributed by atoms with Gasteiger partial charge in [0.2, 0.25) is 0 Å². The molecule has 0 amide bonds. The summed E-state index contributed by atoms with van der Waals surface area (Å²) >= 11 is 1.55. The molecule has 2 aromatic rings. The van der Waals surface area contributed by atoms with E-state index in [9.17, 15) is 12.8 Å². The third kappa shape index (κ3) is 3.75. The number of thioether (sulfide) groups is 1. The quantitative estimate of drug-likeness (QED) is 0.829. The minimum atomic E-state index is -3.98. The average Bonchev–Trinajstić information content (AvgIpc) is 2.48. The number of sulfonamides is 1. The molecule has 0 heterocycles. The van der Waals surface area contributed by atoms with Crippen molar-refractivity contribution in [2.75, 3.05) is 11.0 Å². The molecule has 0 radical (unpaired) electrons. The maximum atomic E-state index is 13.8. The zero-order valence-corrected chi connectivity index (χ0v) is 13.0. The average molecular weight is 326 g/mol. The lowest BCUT2D eigenvalue weighted by Crippen LogP contribution is -2.15. The highest BCUT2D eigenvalue weighted by molar-refractivity contribution is 7.98. The Morgan fingerprint density at radius 3 is 2.43 bits per heavy atom. The van der Waals surface area contributed by atoms with E-state index in [1.54, 1.807) is 36.0 Å². The number of nitrogens with two attached hydrogens (primary N) is 1. The van der Waals surface area contributed by atoms with Gasteiger partial charge in [-0.1, -0.05) is 6.07 Å². The number of hydrogen-bond acceptors (Lipinski definition) is 4. The van der Waals surface area contributed by atoms with E-state index in [1.165, 1.54) is 12.1 Å². The van der Waals surface area contributed by atoms with E-state index in [0.29, 0.717) is 11.3 Å². The first-order valence-corrected chi connectivity index (χ1v) is 8.82. The van der Waals surface area contributed by atoms with E-state index in [4.69, 9.17) is 5.73 Å². The second-order valence-corrected chi connectivity index (χ2v) is 6.83. The highest BCUT2D eigenvalue weighted by Gasteiger charge is 2.19. The lowest BCUT2D eigenvalue weighted by atomic mass is 10.2. The number of benzene rings is 2. The lowest BCUT2D eigenvalue weighted by molar-refractivity contribution is 0.569. The molecule has 0 aromatic heterocycles. The van der Waals surface area contributed by atoms with Crippen molar-refractivity contribution in [2.24, 2.45) is 5.73 Å². The summed E-state index contributed by atoms with van der Waals surface area (Å²) in [4.78, 5) is 0.605. The normalized spacial score (nSPS) is 11.4. The van der Waals surface area contributed by atoms with Crippen LogP contribution in [0, 0.1) is 5.82 Å². The number of hydrogen-bond donors (Lipinski definition) is 2. The summed E-state index contributed by atoms with van der Waals surface area (Å²) in [6, 6.07) is 10.6. The van der Waals surface area contributed by atoms with E-state index in [-0.39, 0.29) is 6.54 Å². The lowest BCUT2D eigenvalue weighted by Gasteiger charge is -2.10. The molecule has 0 aliphatic carbocycles. The molecule has 0 saturated carbocycles. The molecule has 0 unspecified atom stereocenters. The van der Waals surface area contributed by atoms with Crippen molar-refractivity contribution in [1.82, 2.24) is 0 Å². The maximum absolute atomic E-state index is 13.8. The molecular weight excluding hydrogens is 311 g/mol. The SMILES string of the molecule is CSc1ccc(NS(=O)(=O)c2cc(CN)ccc2F)cc1. The molecule has 0 aliphatic rings. The standard InChI is InChI=1S/C14H15FN2O2S2/c1-20-12-5-3-11(4-6-12)17-21(18,19)14-8-10(9-16)2-7-13(14)15/h2-8,17H,9,16H2,1H3. The highest BCUT2D eigenvalue weighted by Crippen LogP contribution is 2.22. The molecule has 0 saturated heterocycles. The Balaban J connectivity index is 2.33. The van der Waals surface area contributed by atoms with Gasteiger partial charge in [-0.15, -0.1) is 11.8 Å². The molecule has 2 rings (SSSR count). The van der Waals surface area contributed by atoms with Crippen LogP contribution in [0.15, 0.2) is 52.3 Å². The summed E-state index contributed by atoms with van der Waals surface area (Å²) in [6.07, 6.45) is 1.92. The highest BCUT2D eigenvalue weighted by atomic mass is 32.2. The predicted octanol–water partition coefficient (Wildman–Crippen LogP) is 2.81. The van der Waals surface area contributed by atoms with Gasteiger partial charge in [-0.05, 0) is 48.2 Å². The largest absolute Gasteiger partial charge is 0.326 e. The van der Waals surface area contributed by atoms with Crippen LogP contribution in [0.25, 0.3) is 0 Å². The van der Waals surface area contributed by atoms with E-state index in [2.05, 4.69) is 4.72 Å². The fourth-order valence-electron chi connectivity index (χ4n) is 1.75. The topological polar surface area (TPSA) is 72.2 Å². The van der Waals surface area contributed by atoms with Gasteiger partial charge < -0.3 is 5.73 Å². The molecule has 0 atom stereocenters. The molecule has 0 aliphatic heterocycles. The smallest absolute Gasteiger partial charge is 0.264 e. The van der Waals surface area contributed by atoms with Crippen LogP contribution >= 0.6 is 11.8 Å². The van der Waals surface area contributed by atoms with E-state index in [0.717, 1.165) is 11.0 Å². The molecule has 7 heteroatoms. The number of nitrogens with one attached hydrogen (secondary N) is 1. The summed E-state index contributed by atoms with van der Waals surface area (Å²) < 4.78 is 40.6. The van der Waals surface area contributed by atoms with Crippen LogP contribution in [-0.2, 0) is 16.6 Å². The van der Waals surface area contributed by atoms with Crippen molar-refractivity contribution in [3.05, 3.63) is 53.8 Å². The van der Waals surface area contributed by atoms with Gasteiger partial charge >= 0.3 is 0 Å². The Bertz CT molecular complexity index is 731. The molecule has 112 valence electrons. The second kappa shape index (κ2) is 6.46. The van der Waals surface area contributed by atoms with E-state index < -0.39 is 20.7 Å². The van der Waals surface area contributed by atoms with Crippen LogP contribution in [0.5, 0.6) is 0 Å². The molecule has 2 aromatic carbocycles. The minimum Gasteiger partial charge on any atom is -0.326 e. The van der Waals surface area contributed by atoms with Crippen molar-refractivity contribution in [1.29, 1.82) is 0 Å². The van der Waals surface area contributed by atoms with Crippen LogP contribution in [0.4, 0.5) is 10.1 Å². The van der Waals surface area contributed by atoms with Crippen LogP contribution < -0.4 is 10.5 Å². The Hall–Kier alpha value is -1.57. The Morgan fingerprint density at radius 1 is 1.19 bits per heavy atom. The van der Waals surface area contributed by atoms with Crippen molar-refractivity contribution >= 4 is 27.5 Å². The minimum absolute atomic E-state index is 0.144. The number of halogens is 1. The monoisotopic (exact) mass is 326 g/mol. The van der Waals surface area contributed by atoms with Gasteiger partial charge in [0.1, 0.15) is 10.7 Å². The first-order chi connectivity index (χ1) is 9.96. The van der Waals surface area contributed by atoms with Gasteiger partial charge in [0.15, 0.2) is 0 Å². The van der Waals surface area contributed by atoms with Crippen molar-refractivity contribution in [3.8, 4) is 0 Å². The second-order valence-electron chi connectivity index (χ2n) is 4.30. The summed E-state index contributed by atoms with van der Waals surface area (Å²) in [5.74, 6) is -0.805. The van der Waals surface area contributed by atoms with Crippen molar-refractivity contribution in [3.63, 3.8) is 0 Å². The fourth-order valence-corrected chi connectivity index (χ4v) is 3.35. The van der Waals surface area contributed by atoms with Crippen LogP contribution in [-0.4, -0.2) is 14.7 Å². The molecule has 0 spiro atoms. The van der Waals surface area contributed by atoms with Crippen LogP contribution in [0.1, 0.15) is 5.56 Å². The molecule has 0 fully saturated rings. The summed E-state index contributed by atoms with van der Waals surface area (Å²) in [5, 5.41) is 0. The summed E-state index contributed by atoms with van der Waals surface area (Å²) in [6.45, 7) is 0.144. The third-order valence-electron chi connectivity index (χ3n) is 2.86. The molecule has 21 heavy (non-hydrogen) atoms. The van der Waals surface area contributed by atoms with Gasteiger partial charge in [-0.25, -0.2) is 12.8 Å². The zero-order chi connectivity index (χ0) is 15.5. The summed E-state index contributed by atoms with van der Waals surface area (Å²) in [5.41, 5.74) is 6.39. The Labute approximate surface area is 127 Å². The molecule has 3 N–H and O–H groups in total. The number of anilines is 1. The first kappa shape index (κ1) is 15.8. The predicted molar refractivity (Wildman–Crippen MR) is 83.3 cm³/mol. The Morgan fingerprint density at radius 2 is 1.86 bits per heavy atom. The zero-order valence-electron chi connectivity index (χ0n) is 11.3. The van der Waals surface area contributed by atoms with Crippen LogP contribution in [0.3, 0.4) is 0 Å². The third-order valence-corrected chi connectivity index (χ3v) is 5.00. The van der Waals surface area contributed by atoms with E-state index in [1.807, 2.05) is 6.26 Å².